The number of hydrogen-bond donors (Lipinski definition) is 3. The van der Waals surface area contributed by atoms with E-state index in [4.69, 9.17) is 9.72 Å². The van der Waals surface area contributed by atoms with Crippen LogP contribution in [0.4, 0.5) is 16.4 Å². The van der Waals surface area contributed by atoms with Gasteiger partial charge in [-0.2, -0.15) is 0 Å². The van der Waals surface area contributed by atoms with E-state index in [1.165, 1.54) is 17.7 Å². The highest BCUT2D eigenvalue weighted by Crippen LogP contribution is 2.54. The fraction of sp³-hybridized carbons (Fsp3) is 0.364. The average molecular weight is 579 g/mol. The van der Waals surface area contributed by atoms with Crippen molar-refractivity contribution in [3.63, 3.8) is 0 Å². The first-order chi connectivity index (χ1) is 20.9. The highest BCUT2D eigenvalue weighted by molar-refractivity contribution is 6.05. The SMILES string of the molecule is Cc1ccc2c(NC(=O)[C@H]3CC3C3CC3)cccc2c1Oc1ncccc1-c1ccnc(N[C@H]2CCCN(C(=O)O)C2)n1. The van der Waals surface area contributed by atoms with Crippen molar-refractivity contribution in [3.8, 4) is 22.9 Å². The Morgan fingerprint density at radius 2 is 1.88 bits per heavy atom. The van der Waals surface area contributed by atoms with Crippen molar-refractivity contribution in [2.45, 2.75) is 45.1 Å². The van der Waals surface area contributed by atoms with Crippen molar-refractivity contribution >= 4 is 34.4 Å². The Kier molecular flexibility index (Phi) is 7.04. The second-order valence-corrected chi connectivity index (χ2v) is 11.9. The third-order valence-electron chi connectivity index (χ3n) is 8.80. The summed E-state index contributed by atoms with van der Waals surface area (Å²) in [6.45, 7) is 2.91. The number of hydrogen-bond acceptors (Lipinski definition) is 7. The number of piperidine rings is 1. The molecule has 2 aliphatic carbocycles. The Labute approximate surface area is 249 Å². The zero-order valence-corrected chi connectivity index (χ0v) is 24.0. The van der Waals surface area contributed by atoms with Gasteiger partial charge in [0.05, 0.1) is 11.3 Å². The first-order valence-electron chi connectivity index (χ1n) is 15.0. The highest BCUT2D eigenvalue weighted by Gasteiger charge is 2.51. The molecule has 10 heteroatoms. The molecule has 2 amide bonds. The van der Waals surface area contributed by atoms with Crippen molar-refractivity contribution in [1.82, 2.24) is 19.9 Å². The number of nitrogens with zero attached hydrogens (tertiary/aromatic N) is 4. The lowest BCUT2D eigenvalue weighted by Gasteiger charge is -2.31. The fourth-order valence-electron chi connectivity index (χ4n) is 6.26. The van der Waals surface area contributed by atoms with Crippen LogP contribution in [0.2, 0.25) is 0 Å². The Balaban J connectivity index is 1.14. The maximum absolute atomic E-state index is 13.0. The largest absolute Gasteiger partial charge is 0.465 e. The van der Waals surface area contributed by atoms with E-state index in [1.807, 2.05) is 49.4 Å². The molecule has 2 aromatic carbocycles. The molecule has 0 spiro atoms. The monoisotopic (exact) mass is 578 g/mol. The molecule has 1 unspecified atom stereocenters. The van der Waals surface area contributed by atoms with E-state index >= 15 is 0 Å². The number of nitrogens with one attached hydrogen (secondary N) is 2. The number of amides is 2. The average Bonchev–Trinajstić information content (AvgIpc) is 3.93. The molecule has 3 aliphatic rings. The molecule has 4 aromatic rings. The molecule has 220 valence electrons. The number of likely N-dealkylation sites (tertiary alicyclic amines) is 1. The highest BCUT2D eigenvalue weighted by atomic mass is 16.5. The lowest BCUT2D eigenvalue weighted by molar-refractivity contribution is -0.117. The summed E-state index contributed by atoms with van der Waals surface area (Å²) in [6.07, 6.45) is 7.57. The molecular formula is C33H34N6O4. The summed E-state index contributed by atoms with van der Waals surface area (Å²) in [7, 11) is 0. The minimum atomic E-state index is -0.915. The number of carboxylic acid groups (broad SMARTS) is 1. The van der Waals surface area contributed by atoms with Crippen LogP contribution in [0.15, 0.2) is 60.9 Å². The quantitative estimate of drug-likeness (QED) is 0.221. The van der Waals surface area contributed by atoms with Gasteiger partial charge in [-0.1, -0.05) is 24.3 Å². The van der Waals surface area contributed by atoms with E-state index < -0.39 is 6.09 Å². The molecule has 1 aliphatic heterocycles. The van der Waals surface area contributed by atoms with Gasteiger partial charge in [-0.3, -0.25) is 4.79 Å². The van der Waals surface area contributed by atoms with Gasteiger partial charge in [0.1, 0.15) is 5.75 Å². The molecule has 43 heavy (non-hydrogen) atoms. The summed E-state index contributed by atoms with van der Waals surface area (Å²) in [5, 5.41) is 17.7. The van der Waals surface area contributed by atoms with Gasteiger partial charge in [-0.25, -0.2) is 19.7 Å². The van der Waals surface area contributed by atoms with Crippen molar-refractivity contribution in [2.75, 3.05) is 23.7 Å². The third kappa shape index (κ3) is 5.69. The van der Waals surface area contributed by atoms with Gasteiger partial charge in [0.25, 0.3) is 0 Å². The third-order valence-corrected chi connectivity index (χ3v) is 8.80. The van der Waals surface area contributed by atoms with Crippen molar-refractivity contribution in [3.05, 3.63) is 66.5 Å². The Morgan fingerprint density at radius 3 is 2.72 bits per heavy atom. The number of benzene rings is 2. The maximum atomic E-state index is 13.0. The van der Waals surface area contributed by atoms with Crippen molar-refractivity contribution in [2.24, 2.45) is 17.8 Å². The van der Waals surface area contributed by atoms with Crippen LogP contribution in [0, 0.1) is 24.7 Å². The van der Waals surface area contributed by atoms with Gasteiger partial charge >= 0.3 is 6.09 Å². The molecule has 0 radical (unpaired) electrons. The first kappa shape index (κ1) is 27.1. The minimum absolute atomic E-state index is 0.0720. The molecular weight excluding hydrogens is 544 g/mol. The molecule has 3 fully saturated rings. The summed E-state index contributed by atoms with van der Waals surface area (Å²) >= 11 is 0. The van der Waals surface area contributed by atoms with Crippen molar-refractivity contribution in [1.29, 1.82) is 0 Å². The summed E-state index contributed by atoms with van der Waals surface area (Å²) in [4.78, 5) is 39.5. The summed E-state index contributed by atoms with van der Waals surface area (Å²) in [5.74, 6) is 3.02. The van der Waals surface area contributed by atoms with Crippen LogP contribution in [0.1, 0.15) is 37.7 Å². The lowest BCUT2D eigenvalue weighted by atomic mass is 10.0. The van der Waals surface area contributed by atoms with Crippen LogP contribution < -0.4 is 15.4 Å². The fourth-order valence-corrected chi connectivity index (χ4v) is 6.26. The number of fused-ring (bicyclic) bond motifs is 1. The topological polar surface area (TPSA) is 130 Å². The van der Waals surface area contributed by atoms with Gasteiger partial charge < -0.3 is 25.4 Å². The van der Waals surface area contributed by atoms with Crippen LogP contribution in [-0.4, -0.2) is 56.1 Å². The number of carbonyl (C=O) groups excluding carboxylic acids is 1. The smallest absolute Gasteiger partial charge is 0.407 e. The van der Waals surface area contributed by atoms with E-state index in [-0.39, 0.29) is 17.9 Å². The predicted octanol–water partition coefficient (Wildman–Crippen LogP) is 6.33. The number of carbonyl (C=O) groups is 2. The van der Waals surface area contributed by atoms with Crippen molar-refractivity contribution < 1.29 is 19.4 Å². The molecule has 2 saturated carbocycles. The minimum Gasteiger partial charge on any atom is -0.465 e. The van der Waals surface area contributed by atoms with E-state index in [1.54, 1.807) is 18.5 Å². The first-order valence-corrected chi connectivity index (χ1v) is 15.0. The molecule has 0 bridgehead atoms. The standard InChI is InChI=1S/C33H34N6O4/c1-19-9-12-22-23(6-2-8-27(22)37-30(40)26-17-25(26)20-10-11-20)29(19)43-31-24(7-3-14-34-31)28-13-15-35-32(38-28)36-21-5-4-16-39(18-21)33(41)42/h2-3,6-9,12-15,20-21,25-26H,4-5,10-11,16-18H2,1H3,(H,37,40)(H,41,42)(H,35,36,38)/t21-,25?,26-/m0/s1. The molecule has 2 aromatic heterocycles. The van der Waals surface area contributed by atoms with Gasteiger partial charge in [0.15, 0.2) is 0 Å². The molecule has 1 saturated heterocycles. The van der Waals surface area contributed by atoms with E-state index in [2.05, 4.69) is 20.6 Å². The zero-order valence-electron chi connectivity index (χ0n) is 24.0. The van der Waals surface area contributed by atoms with Crippen LogP contribution in [0.5, 0.6) is 11.6 Å². The van der Waals surface area contributed by atoms with Crippen LogP contribution >= 0.6 is 0 Å². The summed E-state index contributed by atoms with van der Waals surface area (Å²) in [5.41, 5.74) is 3.05. The molecule has 7 rings (SSSR count). The molecule has 3 N–H and O–H groups in total. The molecule has 3 atom stereocenters. The summed E-state index contributed by atoms with van der Waals surface area (Å²) in [6, 6.07) is 15.4. The van der Waals surface area contributed by atoms with Gasteiger partial charge in [0.2, 0.25) is 17.7 Å². The number of ether oxygens (including phenoxy) is 1. The van der Waals surface area contributed by atoms with Crippen LogP contribution in [0.3, 0.4) is 0 Å². The van der Waals surface area contributed by atoms with Crippen LogP contribution in [-0.2, 0) is 4.79 Å². The van der Waals surface area contributed by atoms with E-state index in [0.717, 1.165) is 47.2 Å². The Hall–Kier alpha value is -4.73. The van der Waals surface area contributed by atoms with E-state index in [9.17, 15) is 14.7 Å². The normalized spacial score (nSPS) is 21.3. The number of aryl methyl sites for hydroxylation is 1. The van der Waals surface area contributed by atoms with Gasteiger partial charge in [-0.15, -0.1) is 0 Å². The second kappa shape index (κ2) is 11.2. The summed E-state index contributed by atoms with van der Waals surface area (Å²) < 4.78 is 6.54. The number of aromatic nitrogens is 3. The maximum Gasteiger partial charge on any atom is 0.407 e. The molecule has 10 nitrogen and oxygen atoms in total. The number of pyridine rings is 1. The Bertz CT molecular complexity index is 1710. The number of anilines is 2. The lowest BCUT2D eigenvalue weighted by Crippen LogP contribution is -2.44. The number of rotatable bonds is 8. The zero-order chi connectivity index (χ0) is 29.5. The predicted molar refractivity (Wildman–Crippen MR) is 163 cm³/mol. The van der Waals surface area contributed by atoms with Gasteiger partial charge in [-0.05, 0) is 80.7 Å². The van der Waals surface area contributed by atoms with Crippen LogP contribution in [0.25, 0.3) is 22.0 Å². The molecule has 3 heterocycles. The Morgan fingerprint density at radius 1 is 1.00 bits per heavy atom. The van der Waals surface area contributed by atoms with Gasteiger partial charge in [0, 0.05) is 53.9 Å². The second-order valence-electron chi connectivity index (χ2n) is 11.9. The van der Waals surface area contributed by atoms with E-state index in [0.29, 0.717) is 47.8 Å².